The zero-order valence-electron chi connectivity index (χ0n) is 20.4. The third kappa shape index (κ3) is 4.72. The Kier molecular flexibility index (Phi) is 6.40. The summed E-state index contributed by atoms with van der Waals surface area (Å²) in [6.07, 6.45) is 5.40. The Morgan fingerprint density at radius 1 is 0.971 bits per heavy atom. The van der Waals surface area contributed by atoms with Crippen LogP contribution in [-0.4, -0.2) is 77.5 Å². The van der Waals surface area contributed by atoms with Crippen LogP contribution in [0.2, 0.25) is 0 Å². The van der Waals surface area contributed by atoms with Gasteiger partial charge in [-0.15, -0.1) is 0 Å². The Morgan fingerprint density at radius 2 is 1.76 bits per heavy atom. The summed E-state index contributed by atoms with van der Waals surface area (Å²) in [5.74, 6) is 1.12. The molecule has 5 amide bonds. The highest BCUT2D eigenvalue weighted by atomic mass is 16.2. The van der Waals surface area contributed by atoms with Gasteiger partial charge in [0.1, 0.15) is 0 Å². The summed E-state index contributed by atoms with van der Waals surface area (Å²) in [4.78, 5) is 44.2. The molecular formula is C26H37N5O3. The van der Waals surface area contributed by atoms with Gasteiger partial charge in [0.2, 0.25) is 5.91 Å². The molecule has 2 N–H and O–H groups in total. The van der Waals surface area contributed by atoms with Crippen LogP contribution >= 0.6 is 0 Å². The first kappa shape index (κ1) is 23.0. The normalized spacial score (nSPS) is 27.3. The molecule has 0 radical (unpaired) electrons. The van der Waals surface area contributed by atoms with Crippen molar-refractivity contribution in [3.05, 3.63) is 29.3 Å². The first-order valence-corrected chi connectivity index (χ1v) is 12.9. The zero-order valence-corrected chi connectivity index (χ0v) is 20.4. The van der Waals surface area contributed by atoms with E-state index in [9.17, 15) is 14.4 Å². The highest BCUT2D eigenvalue weighted by Gasteiger charge is 2.45. The summed E-state index contributed by atoms with van der Waals surface area (Å²) in [6, 6.07) is 6.23. The van der Waals surface area contributed by atoms with Gasteiger partial charge in [0, 0.05) is 56.9 Å². The molecule has 1 aromatic rings. The fraction of sp³-hybridized carbons (Fsp3) is 0.654. The summed E-state index contributed by atoms with van der Waals surface area (Å²) < 4.78 is 0. The third-order valence-corrected chi connectivity index (χ3v) is 8.32. The minimum Gasteiger partial charge on any atom is -0.339 e. The van der Waals surface area contributed by atoms with Crippen molar-refractivity contribution in [2.45, 2.75) is 64.5 Å². The molecule has 0 aromatic heterocycles. The molecule has 2 bridgehead atoms. The average Bonchev–Trinajstić information content (AvgIpc) is 2.82. The van der Waals surface area contributed by atoms with Gasteiger partial charge in [-0.2, -0.15) is 0 Å². The number of rotatable bonds is 2. The fourth-order valence-corrected chi connectivity index (χ4v) is 6.35. The molecule has 4 saturated heterocycles. The van der Waals surface area contributed by atoms with E-state index in [0.29, 0.717) is 43.3 Å². The first-order chi connectivity index (χ1) is 16.4. The molecule has 0 aliphatic carbocycles. The number of fused-ring (bicyclic) bond motifs is 4. The van der Waals surface area contributed by atoms with Gasteiger partial charge in [-0.1, -0.05) is 6.07 Å². The smallest absolute Gasteiger partial charge is 0.320 e. The molecule has 8 heteroatoms. The molecule has 4 aliphatic heterocycles. The predicted molar refractivity (Wildman–Crippen MR) is 131 cm³/mol. The van der Waals surface area contributed by atoms with Crippen LogP contribution in [0.3, 0.4) is 0 Å². The summed E-state index contributed by atoms with van der Waals surface area (Å²) in [5, 5.41) is 5.99. The van der Waals surface area contributed by atoms with E-state index in [2.05, 4.69) is 22.5 Å². The molecule has 4 aliphatic rings. The van der Waals surface area contributed by atoms with Crippen LogP contribution < -0.4 is 10.6 Å². The number of amides is 5. The van der Waals surface area contributed by atoms with E-state index in [1.807, 2.05) is 34.9 Å². The molecule has 34 heavy (non-hydrogen) atoms. The highest BCUT2D eigenvalue weighted by molar-refractivity contribution is 5.89. The molecule has 3 atom stereocenters. The van der Waals surface area contributed by atoms with E-state index in [1.54, 1.807) is 0 Å². The summed E-state index contributed by atoms with van der Waals surface area (Å²) in [6.45, 7) is 7.73. The number of piperidine rings is 4. The van der Waals surface area contributed by atoms with Gasteiger partial charge < -0.3 is 25.3 Å². The van der Waals surface area contributed by atoms with E-state index in [-0.39, 0.29) is 18.1 Å². The maximum atomic E-state index is 13.3. The number of nitrogens with zero attached hydrogens (tertiary/aromatic N) is 3. The lowest BCUT2D eigenvalue weighted by Gasteiger charge is -2.53. The monoisotopic (exact) mass is 467 g/mol. The van der Waals surface area contributed by atoms with Crippen molar-refractivity contribution < 1.29 is 14.4 Å². The van der Waals surface area contributed by atoms with Gasteiger partial charge in [-0.3, -0.25) is 4.79 Å². The molecule has 0 spiro atoms. The number of nitrogens with one attached hydrogen (secondary N) is 2. The third-order valence-electron chi connectivity index (χ3n) is 8.32. The van der Waals surface area contributed by atoms with Gasteiger partial charge in [0.15, 0.2) is 0 Å². The SMILES string of the molecule is Cc1ccc(NC(=O)NC2CCN(C(=O)N3C[C@H]4C[C@H](C3)[C@H]3CCCC(=O)N3C4)CC2)cc1C. The van der Waals surface area contributed by atoms with Crippen molar-refractivity contribution in [2.75, 3.05) is 38.0 Å². The lowest BCUT2D eigenvalue weighted by molar-refractivity contribution is -0.144. The number of anilines is 1. The lowest BCUT2D eigenvalue weighted by atomic mass is 9.76. The second-order valence-corrected chi connectivity index (χ2v) is 10.7. The van der Waals surface area contributed by atoms with E-state index in [4.69, 9.17) is 0 Å². The first-order valence-electron chi connectivity index (χ1n) is 12.9. The largest absolute Gasteiger partial charge is 0.339 e. The van der Waals surface area contributed by atoms with Crippen LogP contribution in [0.15, 0.2) is 18.2 Å². The van der Waals surface area contributed by atoms with Crippen LogP contribution in [0.5, 0.6) is 0 Å². The van der Waals surface area contributed by atoms with Gasteiger partial charge >= 0.3 is 12.1 Å². The summed E-state index contributed by atoms with van der Waals surface area (Å²) in [7, 11) is 0. The van der Waals surface area contributed by atoms with Crippen LogP contribution in [0, 0.1) is 25.7 Å². The molecule has 5 rings (SSSR count). The minimum atomic E-state index is -0.191. The standard InChI is InChI=1S/C26H37N5O3/c1-17-6-7-22(12-18(17)2)28-25(33)27-21-8-10-29(11-9-21)26(34)30-14-19-13-20(16-30)23-4-3-5-24(32)31(23)15-19/h6-7,12,19-21,23H,3-5,8-11,13-16H2,1-2H3,(H2,27,28,33)/t19-,20-,23-/m1/s1. The number of carbonyl (C=O) groups excluding carboxylic acids is 3. The minimum absolute atomic E-state index is 0.0677. The Morgan fingerprint density at radius 3 is 2.53 bits per heavy atom. The lowest BCUT2D eigenvalue weighted by Crippen LogP contribution is -2.62. The van der Waals surface area contributed by atoms with Gasteiger partial charge in [-0.05, 0) is 81.0 Å². The zero-order chi connectivity index (χ0) is 23.8. The number of hydrogen-bond donors (Lipinski definition) is 2. The number of urea groups is 2. The van der Waals surface area contributed by atoms with Gasteiger partial charge in [0.05, 0.1) is 0 Å². The topological polar surface area (TPSA) is 85.0 Å². The number of benzene rings is 1. The molecule has 0 saturated carbocycles. The van der Waals surface area contributed by atoms with Gasteiger partial charge in [0.25, 0.3) is 0 Å². The number of carbonyl (C=O) groups is 3. The molecule has 184 valence electrons. The quantitative estimate of drug-likeness (QED) is 0.700. The molecule has 1 aromatic carbocycles. The molecule has 0 unspecified atom stereocenters. The highest BCUT2D eigenvalue weighted by Crippen LogP contribution is 2.38. The molecule has 8 nitrogen and oxygen atoms in total. The van der Waals surface area contributed by atoms with E-state index >= 15 is 0 Å². The Hall–Kier alpha value is -2.77. The molecular weight excluding hydrogens is 430 g/mol. The van der Waals surface area contributed by atoms with E-state index < -0.39 is 0 Å². The van der Waals surface area contributed by atoms with E-state index in [0.717, 1.165) is 63.0 Å². The Labute approximate surface area is 202 Å². The number of hydrogen-bond acceptors (Lipinski definition) is 3. The van der Waals surface area contributed by atoms with E-state index in [1.165, 1.54) is 5.56 Å². The van der Waals surface area contributed by atoms with Crippen molar-refractivity contribution in [1.29, 1.82) is 0 Å². The number of aryl methyl sites for hydroxylation is 2. The Balaban J connectivity index is 1.10. The second-order valence-electron chi connectivity index (χ2n) is 10.7. The van der Waals surface area contributed by atoms with Crippen LogP contribution in [0.4, 0.5) is 15.3 Å². The van der Waals surface area contributed by atoms with Crippen molar-refractivity contribution >= 4 is 23.7 Å². The summed E-state index contributed by atoms with van der Waals surface area (Å²) in [5.41, 5.74) is 3.14. The predicted octanol–water partition coefficient (Wildman–Crippen LogP) is 3.34. The number of likely N-dealkylation sites (tertiary alicyclic amines) is 2. The van der Waals surface area contributed by atoms with Crippen molar-refractivity contribution in [3.8, 4) is 0 Å². The summed E-state index contributed by atoms with van der Waals surface area (Å²) >= 11 is 0. The van der Waals surface area contributed by atoms with Crippen LogP contribution in [0.1, 0.15) is 49.7 Å². The van der Waals surface area contributed by atoms with Crippen molar-refractivity contribution in [3.63, 3.8) is 0 Å². The maximum Gasteiger partial charge on any atom is 0.320 e. The fourth-order valence-electron chi connectivity index (χ4n) is 6.35. The van der Waals surface area contributed by atoms with Crippen LogP contribution in [-0.2, 0) is 4.79 Å². The van der Waals surface area contributed by atoms with Gasteiger partial charge in [-0.25, -0.2) is 9.59 Å². The maximum absolute atomic E-state index is 13.3. The molecule has 4 heterocycles. The van der Waals surface area contributed by atoms with Crippen LogP contribution in [0.25, 0.3) is 0 Å². The Bertz CT molecular complexity index is 958. The average molecular weight is 468 g/mol. The van der Waals surface area contributed by atoms with Crippen molar-refractivity contribution in [1.82, 2.24) is 20.0 Å². The van der Waals surface area contributed by atoms with Crippen molar-refractivity contribution in [2.24, 2.45) is 11.8 Å². The molecule has 4 fully saturated rings. The second kappa shape index (κ2) is 9.47.